The predicted molar refractivity (Wildman–Crippen MR) is 116 cm³/mol. The second-order valence-electron chi connectivity index (χ2n) is 7.62. The fourth-order valence-electron chi connectivity index (χ4n) is 3.95. The molecule has 0 aromatic heterocycles. The van der Waals surface area contributed by atoms with Crippen molar-refractivity contribution in [2.75, 3.05) is 25.6 Å². The number of nitrogens with one attached hydrogen (secondary N) is 2. The Morgan fingerprint density at radius 2 is 1.84 bits per heavy atom. The van der Waals surface area contributed by atoms with Crippen LogP contribution < -0.4 is 24.8 Å². The number of fused-ring (bicyclic) bond motifs is 1. The van der Waals surface area contributed by atoms with Crippen molar-refractivity contribution in [3.63, 3.8) is 0 Å². The van der Waals surface area contributed by atoms with Crippen molar-refractivity contribution in [1.29, 1.82) is 0 Å². The molecule has 0 bridgehead atoms. The molecule has 2 atom stereocenters. The molecule has 2 aliphatic rings. The van der Waals surface area contributed by atoms with Gasteiger partial charge in [-0.25, -0.2) is 9.69 Å². The maximum absolute atomic E-state index is 13.4. The highest BCUT2D eigenvalue weighted by atomic mass is 16.6. The number of carbonyl (C=O) groups is 3. The molecule has 0 aliphatic carbocycles. The van der Waals surface area contributed by atoms with E-state index in [1.165, 1.54) is 6.92 Å². The van der Waals surface area contributed by atoms with Gasteiger partial charge in [0.25, 0.3) is 5.91 Å². The minimum absolute atomic E-state index is 0.330. The summed E-state index contributed by atoms with van der Waals surface area (Å²) in [5, 5.41) is 5.54. The first-order chi connectivity index (χ1) is 15.4. The van der Waals surface area contributed by atoms with E-state index in [0.717, 1.165) is 4.90 Å². The lowest BCUT2D eigenvalue weighted by molar-refractivity contribution is -0.136. The number of benzene rings is 2. The van der Waals surface area contributed by atoms with E-state index in [1.807, 2.05) is 6.92 Å². The van der Waals surface area contributed by atoms with E-state index in [-0.39, 0.29) is 0 Å². The average Bonchev–Trinajstić information content (AvgIpc) is 3.08. The molecular formula is C23H25N3O6. The zero-order valence-corrected chi connectivity index (χ0v) is 18.1. The van der Waals surface area contributed by atoms with Crippen LogP contribution in [0.2, 0.25) is 0 Å². The fraction of sp³-hybridized carbons (Fsp3) is 0.348. The van der Waals surface area contributed by atoms with E-state index in [4.69, 9.17) is 14.2 Å². The Bertz CT molecular complexity index is 1050. The van der Waals surface area contributed by atoms with E-state index < -0.39 is 29.4 Å². The Morgan fingerprint density at radius 1 is 1.16 bits per heavy atom. The number of anilines is 1. The first-order valence-electron chi connectivity index (χ1n) is 10.4. The predicted octanol–water partition coefficient (Wildman–Crippen LogP) is 2.65. The van der Waals surface area contributed by atoms with Crippen molar-refractivity contribution in [2.45, 2.75) is 31.8 Å². The zero-order valence-electron chi connectivity index (χ0n) is 18.1. The maximum atomic E-state index is 13.4. The van der Waals surface area contributed by atoms with Gasteiger partial charge in [0.1, 0.15) is 30.5 Å². The minimum atomic E-state index is -1.24. The van der Waals surface area contributed by atoms with Crippen LogP contribution in [0, 0.1) is 0 Å². The molecule has 0 radical (unpaired) electrons. The molecule has 2 N–H and O–H groups in total. The van der Waals surface area contributed by atoms with Crippen LogP contribution in [-0.4, -0.2) is 49.1 Å². The highest BCUT2D eigenvalue weighted by Gasteiger charge is 2.53. The van der Waals surface area contributed by atoms with Crippen LogP contribution in [0.15, 0.2) is 42.5 Å². The molecule has 9 nitrogen and oxygen atoms in total. The summed E-state index contributed by atoms with van der Waals surface area (Å²) in [4.78, 5) is 40.1. The number of rotatable bonds is 6. The van der Waals surface area contributed by atoms with Gasteiger partial charge in [-0.05, 0) is 43.2 Å². The molecule has 1 saturated heterocycles. The SMILES string of the molecule is CC[C@@]1(c2ccc(OC)cc2)NC(=O)N([C@@H](C)C(=O)Nc2ccc3c(c2)OCCO3)C1=O. The number of hydrogen-bond acceptors (Lipinski definition) is 6. The van der Waals surface area contributed by atoms with Crippen LogP contribution in [0.1, 0.15) is 25.8 Å². The lowest BCUT2D eigenvalue weighted by atomic mass is 9.87. The van der Waals surface area contributed by atoms with E-state index in [0.29, 0.717) is 48.1 Å². The molecule has 4 amide bonds. The highest BCUT2D eigenvalue weighted by Crippen LogP contribution is 2.35. The van der Waals surface area contributed by atoms with Crippen molar-refractivity contribution in [3.8, 4) is 17.2 Å². The molecule has 2 heterocycles. The normalized spacial score (nSPS) is 20.5. The summed E-state index contributed by atoms with van der Waals surface area (Å²) >= 11 is 0. The zero-order chi connectivity index (χ0) is 22.9. The quantitative estimate of drug-likeness (QED) is 0.671. The highest BCUT2D eigenvalue weighted by molar-refractivity contribution is 6.11. The summed E-state index contributed by atoms with van der Waals surface area (Å²) in [7, 11) is 1.55. The molecule has 1 fully saturated rings. The number of methoxy groups -OCH3 is 1. The largest absolute Gasteiger partial charge is 0.497 e. The van der Waals surface area contributed by atoms with Gasteiger partial charge in [0, 0.05) is 11.8 Å². The van der Waals surface area contributed by atoms with Crippen LogP contribution in [0.25, 0.3) is 0 Å². The van der Waals surface area contributed by atoms with Crippen LogP contribution >= 0.6 is 0 Å². The van der Waals surface area contributed by atoms with Gasteiger partial charge in [-0.15, -0.1) is 0 Å². The Morgan fingerprint density at radius 3 is 2.50 bits per heavy atom. The van der Waals surface area contributed by atoms with Gasteiger partial charge in [-0.1, -0.05) is 19.1 Å². The van der Waals surface area contributed by atoms with Crippen LogP contribution in [0.4, 0.5) is 10.5 Å². The average molecular weight is 439 g/mol. The van der Waals surface area contributed by atoms with Crippen LogP contribution in [0.5, 0.6) is 17.2 Å². The Kier molecular flexibility index (Phi) is 5.65. The first-order valence-corrected chi connectivity index (χ1v) is 10.4. The number of hydrogen-bond donors (Lipinski definition) is 2. The lowest BCUT2D eigenvalue weighted by Gasteiger charge is -2.27. The Hall–Kier alpha value is -3.75. The third-order valence-electron chi connectivity index (χ3n) is 5.81. The topological polar surface area (TPSA) is 106 Å². The first kappa shape index (κ1) is 21.5. The molecule has 0 spiro atoms. The van der Waals surface area contributed by atoms with Crippen LogP contribution in [0.3, 0.4) is 0 Å². The van der Waals surface area contributed by atoms with Crippen molar-refractivity contribution in [2.24, 2.45) is 0 Å². The summed E-state index contributed by atoms with van der Waals surface area (Å²) in [6, 6.07) is 10.3. The summed E-state index contributed by atoms with van der Waals surface area (Å²) in [6.07, 6.45) is 0.330. The van der Waals surface area contributed by atoms with Gasteiger partial charge < -0.3 is 24.8 Å². The number of amides is 4. The lowest BCUT2D eigenvalue weighted by Crippen LogP contribution is -2.47. The molecule has 4 rings (SSSR count). The van der Waals surface area contributed by atoms with Crippen molar-refractivity contribution in [3.05, 3.63) is 48.0 Å². The van der Waals surface area contributed by atoms with Gasteiger partial charge in [0.05, 0.1) is 7.11 Å². The molecule has 2 aromatic rings. The number of nitrogens with zero attached hydrogens (tertiary/aromatic N) is 1. The van der Waals surface area contributed by atoms with Gasteiger partial charge >= 0.3 is 6.03 Å². The van der Waals surface area contributed by atoms with E-state index in [1.54, 1.807) is 49.6 Å². The van der Waals surface area contributed by atoms with E-state index in [9.17, 15) is 14.4 Å². The number of carbonyl (C=O) groups excluding carboxylic acids is 3. The number of ether oxygens (including phenoxy) is 3. The molecule has 2 aliphatic heterocycles. The smallest absolute Gasteiger partial charge is 0.326 e. The third-order valence-corrected chi connectivity index (χ3v) is 5.81. The monoisotopic (exact) mass is 439 g/mol. The molecule has 9 heteroatoms. The minimum Gasteiger partial charge on any atom is -0.497 e. The summed E-state index contributed by atoms with van der Waals surface area (Å²) in [5.74, 6) is 0.803. The molecule has 0 unspecified atom stereocenters. The van der Waals surface area contributed by atoms with Crippen molar-refractivity contribution in [1.82, 2.24) is 10.2 Å². The second-order valence-corrected chi connectivity index (χ2v) is 7.62. The molecule has 32 heavy (non-hydrogen) atoms. The standard InChI is InChI=1S/C23H25N3O6/c1-4-23(15-5-8-17(30-3)9-6-15)21(28)26(22(29)25-23)14(2)20(27)24-16-7-10-18-19(13-16)32-12-11-31-18/h5-10,13-14H,4,11-12H2,1-3H3,(H,24,27)(H,25,29)/t14-,23-/m0/s1. The van der Waals surface area contributed by atoms with Gasteiger partial charge in [-0.3, -0.25) is 9.59 Å². The van der Waals surface area contributed by atoms with E-state index >= 15 is 0 Å². The van der Waals surface area contributed by atoms with Crippen molar-refractivity contribution >= 4 is 23.5 Å². The Balaban J connectivity index is 1.54. The van der Waals surface area contributed by atoms with Gasteiger partial charge in [0.15, 0.2) is 11.5 Å². The van der Waals surface area contributed by atoms with Gasteiger partial charge in [0.2, 0.25) is 5.91 Å². The Labute approximate surface area is 185 Å². The summed E-state index contributed by atoms with van der Waals surface area (Å²) in [5.41, 5.74) is -0.134. The number of imide groups is 1. The number of urea groups is 1. The summed E-state index contributed by atoms with van der Waals surface area (Å²) in [6.45, 7) is 4.22. The fourth-order valence-corrected chi connectivity index (χ4v) is 3.95. The van der Waals surface area contributed by atoms with Crippen LogP contribution in [-0.2, 0) is 15.1 Å². The third kappa shape index (κ3) is 3.59. The molecule has 2 aromatic carbocycles. The summed E-state index contributed by atoms with van der Waals surface area (Å²) < 4.78 is 16.2. The molecular weight excluding hydrogens is 414 g/mol. The second kappa shape index (κ2) is 8.41. The maximum Gasteiger partial charge on any atom is 0.326 e. The molecule has 0 saturated carbocycles. The van der Waals surface area contributed by atoms with E-state index in [2.05, 4.69) is 10.6 Å². The van der Waals surface area contributed by atoms with Crippen molar-refractivity contribution < 1.29 is 28.6 Å². The molecule has 168 valence electrons. The van der Waals surface area contributed by atoms with Gasteiger partial charge in [-0.2, -0.15) is 0 Å².